The monoisotopic (exact) mass is 222 g/mol. The largest absolute Gasteiger partial charge is 0.341 e. The second-order valence-corrected chi connectivity index (χ2v) is 4.72. The fraction of sp³-hybridized carbons (Fsp3) is 0.750. The number of imidazole rings is 1. The number of hydrogen-bond acceptors (Lipinski definition) is 3. The molecule has 0 bridgehead atoms. The molecule has 0 radical (unpaired) electrons. The van der Waals surface area contributed by atoms with Gasteiger partial charge in [0.15, 0.2) is 0 Å². The number of nitrogens with two attached hydrogens (primary N) is 1. The van der Waals surface area contributed by atoms with Crippen molar-refractivity contribution in [2.45, 2.75) is 45.7 Å². The van der Waals surface area contributed by atoms with Gasteiger partial charge in [-0.25, -0.2) is 4.98 Å². The maximum Gasteiger partial charge on any atom is 0.205 e. The predicted octanol–water partition coefficient (Wildman–Crippen LogP) is 1.53. The molecule has 16 heavy (non-hydrogen) atoms. The van der Waals surface area contributed by atoms with Gasteiger partial charge in [-0.3, -0.25) is 0 Å². The molecule has 2 N–H and O–H groups in total. The SMILES string of the molecule is CCCCn1cc(C)nc1N1CCC(N)C1. The van der Waals surface area contributed by atoms with E-state index in [0.29, 0.717) is 6.04 Å². The summed E-state index contributed by atoms with van der Waals surface area (Å²) in [6, 6.07) is 0.316. The number of nitrogens with zero attached hydrogens (tertiary/aromatic N) is 3. The molecule has 4 nitrogen and oxygen atoms in total. The van der Waals surface area contributed by atoms with E-state index in [9.17, 15) is 0 Å². The first-order valence-electron chi connectivity index (χ1n) is 6.25. The quantitative estimate of drug-likeness (QED) is 0.840. The molecule has 1 aromatic rings. The lowest BCUT2D eigenvalue weighted by atomic mass is 10.3. The molecule has 90 valence electrons. The minimum atomic E-state index is 0.316. The molecule has 1 atom stereocenters. The van der Waals surface area contributed by atoms with Gasteiger partial charge >= 0.3 is 0 Å². The van der Waals surface area contributed by atoms with Crippen molar-refractivity contribution < 1.29 is 0 Å². The van der Waals surface area contributed by atoms with E-state index in [2.05, 4.69) is 34.5 Å². The average molecular weight is 222 g/mol. The molecule has 1 aliphatic rings. The second-order valence-electron chi connectivity index (χ2n) is 4.72. The first-order valence-corrected chi connectivity index (χ1v) is 6.25. The van der Waals surface area contributed by atoms with Crippen molar-refractivity contribution in [3.8, 4) is 0 Å². The number of anilines is 1. The molecule has 0 aliphatic carbocycles. The summed E-state index contributed by atoms with van der Waals surface area (Å²) < 4.78 is 2.27. The molecule has 2 heterocycles. The zero-order chi connectivity index (χ0) is 11.5. The van der Waals surface area contributed by atoms with Crippen LogP contribution in [0, 0.1) is 6.92 Å². The molecule has 1 unspecified atom stereocenters. The number of aryl methyl sites for hydroxylation is 2. The molecule has 2 rings (SSSR count). The van der Waals surface area contributed by atoms with Crippen LogP contribution in [0.3, 0.4) is 0 Å². The van der Waals surface area contributed by atoms with Crippen LogP contribution in [0.25, 0.3) is 0 Å². The van der Waals surface area contributed by atoms with E-state index in [0.717, 1.165) is 37.7 Å². The Morgan fingerprint density at radius 2 is 2.38 bits per heavy atom. The first-order chi connectivity index (χ1) is 7.70. The van der Waals surface area contributed by atoms with Gasteiger partial charge < -0.3 is 15.2 Å². The van der Waals surface area contributed by atoms with Gasteiger partial charge in [0.1, 0.15) is 0 Å². The van der Waals surface area contributed by atoms with Gasteiger partial charge in [-0.1, -0.05) is 13.3 Å². The minimum Gasteiger partial charge on any atom is -0.341 e. The van der Waals surface area contributed by atoms with Crippen LogP contribution < -0.4 is 10.6 Å². The van der Waals surface area contributed by atoms with E-state index in [1.807, 2.05) is 0 Å². The third-order valence-corrected chi connectivity index (χ3v) is 3.14. The van der Waals surface area contributed by atoms with Gasteiger partial charge in [-0.2, -0.15) is 0 Å². The van der Waals surface area contributed by atoms with Crippen molar-refractivity contribution in [3.63, 3.8) is 0 Å². The Balaban J connectivity index is 2.12. The third kappa shape index (κ3) is 2.38. The highest BCUT2D eigenvalue weighted by Crippen LogP contribution is 2.19. The van der Waals surface area contributed by atoms with Gasteiger partial charge in [-0.15, -0.1) is 0 Å². The predicted molar refractivity (Wildman–Crippen MR) is 66.7 cm³/mol. The molecule has 1 saturated heterocycles. The number of unbranched alkanes of at least 4 members (excludes halogenated alkanes) is 1. The van der Waals surface area contributed by atoms with Crippen molar-refractivity contribution in [3.05, 3.63) is 11.9 Å². The van der Waals surface area contributed by atoms with E-state index in [1.165, 1.54) is 12.8 Å². The summed E-state index contributed by atoms with van der Waals surface area (Å²) >= 11 is 0. The van der Waals surface area contributed by atoms with Crippen molar-refractivity contribution in [2.75, 3.05) is 18.0 Å². The Labute approximate surface area is 97.4 Å². The number of aromatic nitrogens is 2. The van der Waals surface area contributed by atoms with Crippen LogP contribution >= 0.6 is 0 Å². The van der Waals surface area contributed by atoms with Crippen molar-refractivity contribution in [1.29, 1.82) is 0 Å². The zero-order valence-electron chi connectivity index (χ0n) is 10.3. The molecular weight excluding hydrogens is 200 g/mol. The summed E-state index contributed by atoms with van der Waals surface area (Å²) in [7, 11) is 0. The Bertz CT molecular complexity index is 345. The minimum absolute atomic E-state index is 0.316. The Morgan fingerprint density at radius 3 is 3.00 bits per heavy atom. The standard InChI is InChI=1S/C12H22N4/c1-3-4-6-15-8-10(2)14-12(15)16-7-5-11(13)9-16/h8,11H,3-7,9,13H2,1-2H3. The van der Waals surface area contributed by atoms with E-state index < -0.39 is 0 Å². The van der Waals surface area contributed by atoms with Crippen LogP contribution in [0.2, 0.25) is 0 Å². The third-order valence-electron chi connectivity index (χ3n) is 3.14. The molecule has 1 fully saturated rings. The Kier molecular flexibility index (Phi) is 3.49. The highest BCUT2D eigenvalue weighted by molar-refractivity contribution is 5.35. The number of rotatable bonds is 4. The first kappa shape index (κ1) is 11.5. The maximum atomic E-state index is 5.94. The van der Waals surface area contributed by atoms with Gasteiger partial charge in [0.2, 0.25) is 5.95 Å². The number of hydrogen-bond donors (Lipinski definition) is 1. The lowest BCUT2D eigenvalue weighted by Gasteiger charge is -2.18. The second kappa shape index (κ2) is 4.87. The molecule has 4 heteroatoms. The van der Waals surface area contributed by atoms with E-state index in [4.69, 9.17) is 5.73 Å². The van der Waals surface area contributed by atoms with Crippen LogP contribution in [0.5, 0.6) is 0 Å². The van der Waals surface area contributed by atoms with Crippen LogP contribution in [0.15, 0.2) is 6.20 Å². The van der Waals surface area contributed by atoms with Crippen molar-refractivity contribution >= 4 is 5.95 Å². The molecule has 0 amide bonds. The van der Waals surface area contributed by atoms with Gasteiger partial charge in [0, 0.05) is 31.9 Å². The van der Waals surface area contributed by atoms with Gasteiger partial charge in [0.25, 0.3) is 0 Å². The fourth-order valence-corrected chi connectivity index (χ4v) is 2.25. The van der Waals surface area contributed by atoms with Crippen molar-refractivity contribution in [2.24, 2.45) is 5.73 Å². The maximum absolute atomic E-state index is 5.94. The normalized spacial score (nSPS) is 20.7. The molecular formula is C12H22N4. The molecule has 0 aromatic carbocycles. The van der Waals surface area contributed by atoms with E-state index in [1.54, 1.807) is 0 Å². The average Bonchev–Trinajstić information content (AvgIpc) is 2.81. The van der Waals surface area contributed by atoms with Crippen LogP contribution in [0.4, 0.5) is 5.95 Å². The van der Waals surface area contributed by atoms with E-state index in [-0.39, 0.29) is 0 Å². The van der Waals surface area contributed by atoms with Crippen LogP contribution in [-0.2, 0) is 6.54 Å². The summed E-state index contributed by atoms with van der Waals surface area (Å²) in [4.78, 5) is 6.93. The topological polar surface area (TPSA) is 47.1 Å². The lowest BCUT2D eigenvalue weighted by molar-refractivity contribution is 0.622. The van der Waals surface area contributed by atoms with Crippen LogP contribution in [-0.4, -0.2) is 28.7 Å². The Hall–Kier alpha value is -1.03. The van der Waals surface area contributed by atoms with Gasteiger partial charge in [0.05, 0.1) is 5.69 Å². The summed E-state index contributed by atoms with van der Waals surface area (Å²) in [6.07, 6.45) is 5.66. The smallest absolute Gasteiger partial charge is 0.205 e. The summed E-state index contributed by atoms with van der Waals surface area (Å²) in [5.74, 6) is 1.11. The highest BCUT2D eigenvalue weighted by atomic mass is 15.3. The zero-order valence-corrected chi connectivity index (χ0v) is 10.3. The summed E-state index contributed by atoms with van der Waals surface area (Å²) in [5.41, 5.74) is 7.04. The summed E-state index contributed by atoms with van der Waals surface area (Å²) in [6.45, 7) is 7.34. The lowest BCUT2D eigenvalue weighted by Crippen LogP contribution is -2.28. The van der Waals surface area contributed by atoms with Crippen LogP contribution in [0.1, 0.15) is 31.9 Å². The van der Waals surface area contributed by atoms with Crippen molar-refractivity contribution in [1.82, 2.24) is 9.55 Å². The Morgan fingerprint density at radius 1 is 1.56 bits per heavy atom. The van der Waals surface area contributed by atoms with E-state index >= 15 is 0 Å². The molecule has 1 aromatic heterocycles. The van der Waals surface area contributed by atoms with Gasteiger partial charge in [-0.05, 0) is 19.8 Å². The molecule has 0 spiro atoms. The molecule has 1 aliphatic heterocycles. The fourth-order valence-electron chi connectivity index (χ4n) is 2.25. The summed E-state index contributed by atoms with van der Waals surface area (Å²) in [5, 5.41) is 0. The highest BCUT2D eigenvalue weighted by Gasteiger charge is 2.22. The molecule has 0 saturated carbocycles.